The van der Waals surface area contributed by atoms with Gasteiger partial charge in [0.15, 0.2) is 0 Å². The molecule has 0 bridgehead atoms. The molecule has 24 heavy (non-hydrogen) atoms. The topological polar surface area (TPSA) is 54.5 Å². The molecule has 1 saturated heterocycles. The van der Waals surface area contributed by atoms with E-state index in [1.54, 1.807) is 7.11 Å². The Morgan fingerprint density at radius 1 is 1.38 bits per heavy atom. The van der Waals surface area contributed by atoms with Crippen molar-refractivity contribution in [2.75, 3.05) is 20.2 Å². The summed E-state index contributed by atoms with van der Waals surface area (Å²) in [5.41, 5.74) is 1.80. The molecule has 0 radical (unpaired) electrons. The third-order valence-corrected chi connectivity index (χ3v) is 5.02. The maximum Gasteiger partial charge on any atom is 0.271 e. The van der Waals surface area contributed by atoms with Gasteiger partial charge in [-0.05, 0) is 55.1 Å². The summed E-state index contributed by atoms with van der Waals surface area (Å²) in [6, 6.07) is 10.3. The van der Waals surface area contributed by atoms with Gasteiger partial charge in [0.2, 0.25) is 0 Å². The molecule has 2 heterocycles. The number of rotatable bonds is 5. The lowest BCUT2D eigenvalue weighted by atomic mass is 10.0. The second-order valence-electron chi connectivity index (χ2n) is 6.20. The van der Waals surface area contributed by atoms with E-state index in [0.717, 1.165) is 43.1 Å². The highest BCUT2D eigenvalue weighted by Gasteiger charge is 2.22. The van der Waals surface area contributed by atoms with E-state index < -0.39 is 0 Å². The van der Waals surface area contributed by atoms with Crippen LogP contribution in [0.1, 0.15) is 33.8 Å². The van der Waals surface area contributed by atoms with Crippen molar-refractivity contribution in [1.29, 1.82) is 0 Å². The van der Waals surface area contributed by atoms with E-state index >= 15 is 0 Å². The third kappa shape index (κ3) is 4.33. The number of hydrogen-bond donors (Lipinski definition) is 1. The van der Waals surface area contributed by atoms with Crippen molar-refractivity contribution in [1.82, 2.24) is 14.6 Å². The molecule has 0 aliphatic carbocycles. The summed E-state index contributed by atoms with van der Waals surface area (Å²) in [4.78, 5) is 15.7. The number of nitrogens with one attached hydrogen (secondary N) is 1. The zero-order valence-electron chi connectivity index (χ0n) is 14.1. The maximum atomic E-state index is 12.2. The van der Waals surface area contributed by atoms with Crippen LogP contribution in [0.5, 0.6) is 5.75 Å². The normalized spacial score (nSPS) is 16.1. The van der Waals surface area contributed by atoms with Gasteiger partial charge in [-0.1, -0.05) is 12.1 Å². The minimum Gasteiger partial charge on any atom is -0.497 e. The number of hydrogen-bond acceptors (Lipinski definition) is 5. The van der Waals surface area contributed by atoms with Crippen molar-refractivity contribution in [3.8, 4) is 5.75 Å². The zero-order valence-corrected chi connectivity index (χ0v) is 14.9. The molecule has 3 rings (SSSR count). The molecule has 0 saturated carbocycles. The predicted molar refractivity (Wildman–Crippen MR) is 95.6 cm³/mol. The fourth-order valence-electron chi connectivity index (χ4n) is 3.00. The Hall–Kier alpha value is -1.92. The van der Waals surface area contributed by atoms with Crippen molar-refractivity contribution < 1.29 is 9.53 Å². The van der Waals surface area contributed by atoms with Gasteiger partial charge in [-0.2, -0.15) is 4.37 Å². The first kappa shape index (κ1) is 16.9. The number of carbonyl (C=O) groups is 1. The van der Waals surface area contributed by atoms with Crippen LogP contribution in [-0.4, -0.2) is 41.4 Å². The van der Waals surface area contributed by atoms with E-state index in [0.29, 0.717) is 5.69 Å². The molecule has 1 N–H and O–H groups in total. The van der Waals surface area contributed by atoms with Crippen LogP contribution in [0.15, 0.2) is 30.3 Å². The molecule has 0 spiro atoms. The van der Waals surface area contributed by atoms with Crippen LogP contribution >= 0.6 is 11.5 Å². The highest BCUT2D eigenvalue weighted by Crippen LogP contribution is 2.18. The van der Waals surface area contributed by atoms with Gasteiger partial charge in [0.05, 0.1) is 7.11 Å². The van der Waals surface area contributed by atoms with E-state index in [4.69, 9.17) is 4.74 Å². The van der Waals surface area contributed by atoms with Gasteiger partial charge >= 0.3 is 0 Å². The fraction of sp³-hybridized carbons (Fsp3) is 0.444. The zero-order chi connectivity index (χ0) is 16.9. The first-order chi connectivity index (χ1) is 11.6. The molecule has 6 heteroatoms. The number of piperidine rings is 1. The minimum absolute atomic E-state index is 0.0504. The molecule has 2 aromatic rings. The lowest BCUT2D eigenvalue weighted by Gasteiger charge is -2.32. The number of benzene rings is 1. The van der Waals surface area contributed by atoms with Crippen LogP contribution in [-0.2, 0) is 6.54 Å². The Bertz CT molecular complexity index is 693. The largest absolute Gasteiger partial charge is 0.497 e. The van der Waals surface area contributed by atoms with Gasteiger partial charge < -0.3 is 10.1 Å². The molecule has 5 nitrogen and oxygen atoms in total. The summed E-state index contributed by atoms with van der Waals surface area (Å²) < 4.78 is 9.45. The van der Waals surface area contributed by atoms with Gasteiger partial charge in [0.25, 0.3) is 5.91 Å². The van der Waals surface area contributed by atoms with Gasteiger partial charge in [-0.15, -0.1) is 0 Å². The molecule has 1 aliphatic heterocycles. The Balaban J connectivity index is 1.47. The van der Waals surface area contributed by atoms with Crippen molar-refractivity contribution >= 4 is 17.4 Å². The number of aromatic nitrogens is 1. The number of ether oxygens (including phenoxy) is 1. The number of nitrogens with zero attached hydrogens (tertiary/aromatic N) is 2. The van der Waals surface area contributed by atoms with Gasteiger partial charge in [-0.3, -0.25) is 9.69 Å². The Labute approximate surface area is 146 Å². The minimum atomic E-state index is -0.0504. The van der Waals surface area contributed by atoms with Gasteiger partial charge in [0.1, 0.15) is 11.4 Å². The monoisotopic (exact) mass is 345 g/mol. The molecule has 1 aromatic carbocycles. The van der Waals surface area contributed by atoms with Crippen molar-refractivity contribution in [2.45, 2.75) is 32.4 Å². The van der Waals surface area contributed by atoms with E-state index in [2.05, 4.69) is 26.7 Å². The van der Waals surface area contributed by atoms with Crippen LogP contribution < -0.4 is 10.1 Å². The van der Waals surface area contributed by atoms with E-state index in [-0.39, 0.29) is 11.9 Å². The van der Waals surface area contributed by atoms with Crippen LogP contribution in [0.25, 0.3) is 0 Å². The number of likely N-dealkylation sites (tertiary alicyclic amines) is 1. The van der Waals surface area contributed by atoms with E-state index in [1.165, 1.54) is 17.1 Å². The molecular formula is C18H23N3O2S. The van der Waals surface area contributed by atoms with Crippen LogP contribution in [0.2, 0.25) is 0 Å². The van der Waals surface area contributed by atoms with Crippen molar-refractivity contribution in [3.05, 3.63) is 46.5 Å². The van der Waals surface area contributed by atoms with Crippen LogP contribution in [0, 0.1) is 6.92 Å². The third-order valence-electron chi connectivity index (χ3n) is 4.32. The van der Waals surface area contributed by atoms with Crippen molar-refractivity contribution in [3.63, 3.8) is 0 Å². The lowest BCUT2D eigenvalue weighted by Crippen LogP contribution is -2.44. The summed E-state index contributed by atoms with van der Waals surface area (Å²) >= 11 is 1.37. The lowest BCUT2D eigenvalue weighted by molar-refractivity contribution is 0.0905. The van der Waals surface area contributed by atoms with E-state index in [9.17, 15) is 4.79 Å². The summed E-state index contributed by atoms with van der Waals surface area (Å²) in [6.07, 6.45) is 1.94. The molecular weight excluding hydrogens is 322 g/mol. The second-order valence-corrected chi connectivity index (χ2v) is 7.21. The molecule has 1 fully saturated rings. The van der Waals surface area contributed by atoms with E-state index in [1.807, 2.05) is 25.1 Å². The van der Waals surface area contributed by atoms with Crippen LogP contribution in [0.4, 0.5) is 0 Å². The average Bonchev–Trinajstić information content (AvgIpc) is 3.03. The maximum absolute atomic E-state index is 12.2. The molecule has 0 unspecified atom stereocenters. The predicted octanol–water partition coefficient (Wildman–Crippen LogP) is 2.85. The fourth-order valence-corrected chi connectivity index (χ4v) is 3.54. The number of methoxy groups -OCH3 is 1. The highest BCUT2D eigenvalue weighted by molar-refractivity contribution is 7.05. The first-order valence-electron chi connectivity index (χ1n) is 8.23. The van der Waals surface area contributed by atoms with Crippen LogP contribution in [0.3, 0.4) is 0 Å². The Kier molecular flexibility index (Phi) is 5.48. The summed E-state index contributed by atoms with van der Waals surface area (Å²) in [5, 5.41) is 3.11. The first-order valence-corrected chi connectivity index (χ1v) is 9.01. The standard InChI is InChI=1S/C18H23N3O2S/c1-13-10-17(20-24-13)18(22)19-15-6-8-21(9-7-15)12-14-4-3-5-16(11-14)23-2/h3-5,10-11,15H,6-9,12H2,1-2H3,(H,19,22). The van der Waals surface area contributed by atoms with Crippen molar-refractivity contribution in [2.24, 2.45) is 0 Å². The smallest absolute Gasteiger partial charge is 0.271 e. The Morgan fingerprint density at radius 3 is 2.83 bits per heavy atom. The quantitative estimate of drug-likeness (QED) is 0.905. The molecule has 0 atom stereocenters. The van der Waals surface area contributed by atoms with Gasteiger partial charge in [0, 0.05) is 30.6 Å². The summed E-state index contributed by atoms with van der Waals surface area (Å²) in [5.74, 6) is 0.846. The Morgan fingerprint density at radius 2 is 2.17 bits per heavy atom. The molecule has 128 valence electrons. The molecule has 1 aromatic heterocycles. The highest BCUT2D eigenvalue weighted by atomic mass is 32.1. The number of carbonyl (C=O) groups excluding carboxylic acids is 1. The summed E-state index contributed by atoms with van der Waals surface area (Å²) in [6.45, 7) is 4.85. The number of amides is 1. The summed E-state index contributed by atoms with van der Waals surface area (Å²) in [7, 11) is 1.69. The molecule has 1 aliphatic rings. The average molecular weight is 345 g/mol. The number of aryl methyl sites for hydroxylation is 1. The SMILES string of the molecule is COc1cccc(CN2CCC(NC(=O)c3cc(C)sn3)CC2)c1. The van der Waals surface area contributed by atoms with Gasteiger partial charge in [-0.25, -0.2) is 0 Å². The molecule has 1 amide bonds. The second kappa shape index (κ2) is 7.77.